The van der Waals surface area contributed by atoms with Crippen molar-refractivity contribution in [2.45, 2.75) is 0 Å². The second kappa shape index (κ2) is 10.8. The summed E-state index contributed by atoms with van der Waals surface area (Å²) in [6, 6.07) is 62.8. The quantitative estimate of drug-likeness (QED) is 0.199. The number of hydrogen-bond acceptors (Lipinski definition) is 2. The Bertz CT molecular complexity index is 2530. The molecular formula is C44H29NO. The van der Waals surface area contributed by atoms with E-state index in [1.165, 1.54) is 43.8 Å². The van der Waals surface area contributed by atoms with Gasteiger partial charge in [-0.3, -0.25) is 0 Å². The Balaban J connectivity index is 1.24. The van der Waals surface area contributed by atoms with Gasteiger partial charge in [-0.2, -0.15) is 0 Å². The van der Waals surface area contributed by atoms with E-state index in [1.807, 2.05) is 12.1 Å². The van der Waals surface area contributed by atoms with Gasteiger partial charge in [0.25, 0.3) is 0 Å². The standard InChI is InChI=1S/C44H29NO/c1-2-10-30(11-3-1)32-22-24-35(25-23-32)45(36-26-27-41-40-14-6-7-19-43(40)46-44(41)29-36)42-18-9-16-38-37(15-8-17-39(38)42)34-21-20-31-12-4-5-13-33(31)28-34/h1-29H. The van der Waals surface area contributed by atoms with Gasteiger partial charge in [0.1, 0.15) is 11.2 Å². The Morgan fingerprint density at radius 1 is 0.348 bits per heavy atom. The van der Waals surface area contributed by atoms with Crippen LogP contribution in [0, 0.1) is 0 Å². The molecule has 0 N–H and O–H groups in total. The minimum atomic E-state index is 0.877. The van der Waals surface area contributed by atoms with Crippen LogP contribution in [0.3, 0.4) is 0 Å². The van der Waals surface area contributed by atoms with Crippen LogP contribution in [0.5, 0.6) is 0 Å². The lowest BCUT2D eigenvalue weighted by Gasteiger charge is -2.27. The van der Waals surface area contributed by atoms with Crippen LogP contribution < -0.4 is 4.90 Å². The predicted octanol–water partition coefficient (Wildman–Crippen LogP) is 12.7. The zero-order valence-electron chi connectivity index (χ0n) is 25.1. The van der Waals surface area contributed by atoms with Gasteiger partial charge in [-0.25, -0.2) is 0 Å². The highest BCUT2D eigenvalue weighted by Gasteiger charge is 2.19. The highest BCUT2D eigenvalue weighted by atomic mass is 16.3. The smallest absolute Gasteiger partial charge is 0.137 e. The molecular weight excluding hydrogens is 558 g/mol. The number of para-hydroxylation sites is 1. The van der Waals surface area contributed by atoms with Crippen molar-refractivity contribution in [2.24, 2.45) is 0 Å². The van der Waals surface area contributed by atoms with Crippen LogP contribution >= 0.6 is 0 Å². The van der Waals surface area contributed by atoms with Gasteiger partial charge in [0.2, 0.25) is 0 Å². The fourth-order valence-corrected chi connectivity index (χ4v) is 6.81. The zero-order valence-corrected chi connectivity index (χ0v) is 25.1. The summed E-state index contributed by atoms with van der Waals surface area (Å²) in [5, 5.41) is 7.14. The van der Waals surface area contributed by atoms with E-state index < -0.39 is 0 Å². The molecule has 0 bridgehead atoms. The minimum Gasteiger partial charge on any atom is -0.456 e. The lowest BCUT2D eigenvalue weighted by atomic mass is 9.95. The van der Waals surface area contributed by atoms with Crippen molar-refractivity contribution in [1.82, 2.24) is 0 Å². The summed E-state index contributed by atoms with van der Waals surface area (Å²) in [6.07, 6.45) is 0. The molecule has 0 spiro atoms. The fraction of sp³-hybridized carbons (Fsp3) is 0. The van der Waals surface area contributed by atoms with Crippen LogP contribution in [-0.4, -0.2) is 0 Å². The highest BCUT2D eigenvalue weighted by molar-refractivity contribution is 6.09. The third-order valence-electron chi connectivity index (χ3n) is 9.05. The first-order valence-corrected chi connectivity index (χ1v) is 15.7. The number of benzene rings is 8. The van der Waals surface area contributed by atoms with Crippen LogP contribution in [0.25, 0.3) is 65.7 Å². The maximum atomic E-state index is 6.36. The highest BCUT2D eigenvalue weighted by Crippen LogP contribution is 2.43. The second-order valence-electron chi connectivity index (χ2n) is 11.8. The summed E-state index contributed by atoms with van der Waals surface area (Å²) < 4.78 is 6.36. The molecule has 0 atom stereocenters. The van der Waals surface area contributed by atoms with Crippen molar-refractivity contribution in [3.05, 3.63) is 176 Å². The average molecular weight is 588 g/mol. The van der Waals surface area contributed by atoms with Gasteiger partial charge in [0, 0.05) is 33.6 Å². The molecule has 0 fully saturated rings. The summed E-state index contributed by atoms with van der Waals surface area (Å²) in [4.78, 5) is 2.36. The van der Waals surface area contributed by atoms with Gasteiger partial charge < -0.3 is 9.32 Å². The molecule has 1 aromatic heterocycles. The van der Waals surface area contributed by atoms with Gasteiger partial charge in [0.05, 0.1) is 5.69 Å². The van der Waals surface area contributed by atoms with E-state index >= 15 is 0 Å². The predicted molar refractivity (Wildman–Crippen MR) is 194 cm³/mol. The Morgan fingerprint density at radius 2 is 1.00 bits per heavy atom. The van der Waals surface area contributed by atoms with Crippen molar-refractivity contribution in [3.8, 4) is 22.3 Å². The molecule has 0 aliphatic rings. The molecule has 8 aromatic carbocycles. The first kappa shape index (κ1) is 26.3. The van der Waals surface area contributed by atoms with Crippen LogP contribution in [0.2, 0.25) is 0 Å². The Labute approximate surface area is 267 Å². The minimum absolute atomic E-state index is 0.877. The van der Waals surface area contributed by atoms with Crippen molar-refractivity contribution in [2.75, 3.05) is 4.90 Å². The number of fused-ring (bicyclic) bond motifs is 5. The summed E-state index contributed by atoms with van der Waals surface area (Å²) in [5.74, 6) is 0. The molecule has 0 radical (unpaired) electrons. The van der Waals surface area contributed by atoms with Crippen LogP contribution in [-0.2, 0) is 0 Å². The Morgan fingerprint density at radius 3 is 1.89 bits per heavy atom. The van der Waals surface area contributed by atoms with Gasteiger partial charge >= 0.3 is 0 Å². The van der Waals surface area contributed by atoms with Crippen LogP contribution in [0.1, 0.15) is 0 Å². The van der Waals surface area contributed by atoms with Crippen molar-refractivity contribution < 1.29 is 4.42 Å². The van der Waals surface area contributed by atoms with Gasteiger partial charge in [0.15, 0.2) is 0 Å². The van der Waals surface area contributed by atoms with E-state index in [9.17, 15) is 0 Å². The van der Waals surface area contributed by atoms with Gasteiger partial charge in [-0.05, 0) is 80.9 Å². The SMILES string of the molecule is c1ccc(-c2ccc(N(c3ccc4c(c3)oc3ccccc34)c3cccc4c(-c5ccc6ccccc6c5)cccc34)cc2)cc1. The molecule has 216 valence electrons. The molecule has 2 heteroatoms. The number of anilines is 3. The Kier molecular flexibility index (Phi) is 6.17. The van der Waals surface area contributed by atoms with Gasteiger partial charge in [-0.1, -0.05) is 127 Å². The molecule has 0 saturated heterocycles. The number of nitrogens with zero attached hydrogens (tertiary/aromatic N) is 1. The van der Waals surface area contributed by atoms with E-state index in [1.54, 1.807) is 0 Å². The molecule has 46 heavy (non-hydrogen) atoms. The van der Waals surface area contributed by atoms with Crippen molar-refractivity contribution in [1.29, 1.82) is 0 Å². The molecule has 0 aliphatic carbocycles. The first-order valence-electron chi connectivity index (χ1n) is 15.7. The van der Waals surface area contributed by atoms with Crippen LogP contribution in [0.15, 0.2) is 180 Å². The number of furan rings is 1. The summed E-state index contributed by atoms with van der Waals surface area (Å²) >= 11 is 0. The summed E-state index contributed by atoms with van der Waals surface area (Å²) in [5.41, 5.74) is 9.84. The molecule has 0 aliphatic heterocycles. The lowest BCUT2D eigenvalue weighted by Crippen LogP contribution is -2.10. The van der Waals surface area contributed by atoms with E-state index in [2.05, 4.69) is 169 Å². The normalized spacial score (nSPS) is 11.5. The Hall–Kier alpha value is -6.12. The number of rotatable bonds is 5. The topological polar surface area (TPSA) is 16.4 Å². The first-order chi connectivity index (χ1) is 22.8. The van der Waals surface area contributed by atoms with Crippen LogP contribution in [0.4, 0.5) is 17.1 Å². The monoisotopic (exact) mass is 587 g/mol. The zero-order chi connectivity index (χ0) is 30.5. The number of hydrogen-bond donors (Lipinski definition) is 0. The van der Waals surface area contributed by atoms with Crippen molar-refractivity contribution in [3.63, 3.8) is 0 Å². The van der Waals surface area contributed by atoms with E-state index in [0.29, 0.717) is 0 Å². The molecule has 2 nitrogen and oxygen atoms in total. The van der Waals surface area contributed by atoms with E-state index in [-0.39, 0.29) is 0 Å². The molecule has 0 amide bonds. The molecule has 9 aromatic rings. The molecule has 0 saturated carbocycles. The van der Waals surface area contributed by atoms with E-state index in [0.717, 1.165) is 39.0 Å². The largest absolute Gasteiger partial charge is 0.456 e. The molecule has 0 unspecified atom stereocenters. The summed E-state index contributed by atoms with van der Waals surface area (Å²) in [6.45, 7) is 0. The average Bonchev–Trinajstić information content (AvgIpc) is 3.50. The maximum Gasteiger partial charge on any atom is 0.137 e. The third kappa shape index (κ3) is 4.43. The van der Waals surface area contributed by atoms with Gasteiger partial charge in [-0.15, -0.1) is 0 Å². The molecule has 1 heterocycles. The lowest BCUT2D eigenvalue weighted by molar-refractivity contribution is 0.669. The van der Waals surface area contributed by atoms with E-state index in [4.69, 9.17) is 4.42 Å². The summed E-state index contributed by atoms with van der Waals surface area (Å²) in [7, 11) is 0. The maximum absolute atomic E-state index is 6.36. The van der Waals surface area contributed by atoms with Crippen molar-refractivity contribution >= 4 is 60.5 Å². The second-order valence-corrected chi connectivity index (χ2v) is 11.8. The fourth-order valence-electron chi connectivity index (χ4n) is 6.81. The molecule has 9 rings (SSSR count). The third-order valence-corrected chi connectivity index (χ3v) is 9.05.